The van der Waals surface area contributed by atoms with Crippen molar-refractivity contribution in [2.75, 3.05) is 0 Å². The molecule has 0 unspecified atom stereocenters. The van der Waals surface area contributed by atoms with E-state index in [2.05, 4.69) is 28.1 Å². The normalized spacial score (nSPS) is 9.55. The molecule has 0 saturated heterocycles. The van der Waals surface area contributed by atoms with Gasteiger partial charge in [0.25, 0.3) is 0 Å². The molecule has 0 aromatic heterocycles. The molecule has 0 aliphatic heterocycles. The van der Waals surface area contributed by atoms with Crippen LogP contribution in [0.25, 0.3) is 0 Å². The van der Waals surface area contributed by atoms with Gasteiger partial charge >= 0.3 is 0 Å². The summed E-state index contributed by atoms with van der Waals surface area (Å²) in [5.41, 5.74) is 0.273. The maximum atomic E-state index is 9.14. The average molecular weight is 233 g/mol. The van der Waals surface area contributed by atoms with Crippen molar-refractivity contribution in [2.24, 2.45) is 0 Å². The van der Waals surface area contributed by atoms with Gasteiger partial charge in [-0.1, -0.05) is 15.9 Å². The fraction of sp³-hybridized carbons (Fsp3) is 0. The molecule has 0 spiro atoms. The number of rotatable bonds is 1. The summed E-state index contributed by atoms with van der Waals surface area (Å²) in [4.78, 5) is 0. The van der Waals surface area contributed by atoms with Gasteiger partial charge in [0.2, 0.25) is 0 Å². The first kappa shape index (κ1) is 8.49. The third kappa shape index (κ3) is 1.91. The summed E-state index contributed by atoms with van der Waals surface area (Å²) in [7, 11) is 0. The zero-order chi connectivity index (χ0) is 8.43. The second-order valence-corrected chi connectivity index (χ2v) is 3.27. The minimum Gasteiger partial charge on any atom is -0.507 e. The minimum atomic E-state index is -0.302. The molecule has 0 aliphatic rings. The van der Waals surface area contributed by atoms with Crippen molar-refractivity contribution in [3.8, 4) is 5.75 Å². The predicted octanol–water partition coefficient (Wildman–Crippen LogP) is 2.39. The predicted molar refractivity (Wildman–Crippen MR) is 50.1 cm³/mol. The fourth-order valence-corrected chi connectivity index (χ4v) is 1.20. The van der Waals surface area contributed by atoms with E-state index in [1.54, 1.807) is 12.1 Å². The van der Waals surface area contributed by atoms with Crippen LogP contribution >= 0.6 is 28.1 Å². The molecule has 2 nitrogen and oxygen atoms in total. The summed E-state index contributed by atoms with van der Waals surface area (Å²) in [5.74, 6) is -0.0132. The Balaban J connectivity index is 3.23. The van der Waals surface area contributed by atoms with E-state index in [1.165, 1.54) is 6.07 Å². The zero-order valence-electron chi connectivity index (χ0n) is 5.41. The summed E-state index contributed by atoms with van der Waals surface area (Å²) < 4.78 is 0.765. The number of phenols is 1. The number of thiocarbonyl (C=S) groups is 1. The van der Waals surface area contributed by atoms with Crippen LogP contribution in [0.1, 0.15) is 5.56 Å². The lowest BCUT2D eigenvalue weighted by Crippen LogP contribution is -1.94. The van der Waals surface area contributed by atoms with E-state index in [4.69, 9.17) is 10.2 Å². The summed E-state index contributed by atoms with van der Waals surface area (Å²) in [5, 5.41) is 17.7. The van der Waals surface area contributed by atoms with Crippen LogP contribution in [-0.2, 0) is 0 Å². The van der Waals surface area contributed by atoms with Crippen molar-refractivity contribution in [2.45, 2.75) is 0 Å². The van der Waals surface area contributed by atoms with E-state index >= 15 is 0 Å². The summed E-state index contributed by atoms with van der Waals surface area (Å²) >= 11 is 7.67. The van der Waals surface area contributed by atoms with Crippen molar-refractivity contribution < 1.29 is 10.2 Å². The lowest BCUT2D eigenvalue weighted by Gasteiger charge is -2.00. The van der Waals surface area contributed by atoms with E-state index in [0.717, 1.165) is 4.47 Å². The molecule has 1 aromatic rings. The molecule has 0 saturated carbocycles. The molecule has 0 atom stereocenters. The molecular formula is C7H5BrO2S. The second kappa shape index (κ2) is 3.19. The Hall–Kier alpha value is -0.610. The van der Waals surface area contributed by atoms with E-state index in [-0.39, 0.29) is 16.4 Å². The fourth-order valence-electron chi connectivity index (χ4n) is 0.680. The standard InChI is InChI=1S/C7H5BrO2S/c8-4-1-2-6(9)5(3-4)7(10)11/h1-3,9H,(H,10,11). The molecule has 0 fully saturated rings. The Morgan fingerprint density at radius 3 is 2.55 bits per heavy atom. The number of aromatic hydroxyl groups is 1. The topological polar surface area (TPSA) is 40.5 Å². The first-order valence-corrected chi connectivity index (χ1v) is 4.03. The van der Waals surface area contributed by atoms with Crippen LogP contribution in [0.4, 0.5) is 0 Å². The van der Waals surface area contributed by atoms with Gasteiger partial charge in [-0.05, 0) is 30.4 Å². The molecule has 0 bridgehead atoms. The third-order valence-electron chi connectivity index (χ3n) is 1.19. The van der Waals surface area contributed by atoms with Gasteiger partial charge in [0.1, 0.15) is 5.75 Å². The monoisotopic (exact) mass is 232 g/mol. The van der Waals surface area contributed by atoms with Crippen LogP contribution in [0.3, 0.4) is 0 Å². The van der Waals surface area contributed by atoms with Crippen molar-refractivity contribution in [3.05, 3.63) is 28.2 Å². The molecule has 0 amide bonds. The molecule has 0 aliphatic carbocycles. The smallest absolute Gasteiger partial charge is 0.192 e. The van der Waals surface area contributed by atoms with Gasteiger partial charge in [-0.3, -0.25) is 0 Å². The van der Waals surface area contributed by atoms with Gasteiger partial charge in [-0.2, -0.15) is 0 Å². The third-order valence-corrected chi connectivity index (χ3v) is 1.90. The van der Waals surface area contributed by atoms with Gasteiger partial charge in [0.15, 0.2) is 5.05 Å². The quantitative estimate of drug-likeness (QED) is 0.731. The number of aliphatic hydroxyl groups excluding tert-OH is 1. The van der Waals surface area contributed by atoms with E-state index < -0.39 is 0 Å². The van der Waals surface area contributed by atoms with Crippen LogP contribution in [0.5, 0.6) is 5.75 Å². The zero-order valence-corrected chi connectivity index (χ0v) is 7.82. The van der Waals surface area contributed by atoms with Gasteiger partial charge in [-0.15, -0.1) is 0 Å². The summed E-state index contributed by atoms with van der Waals surface area (Å²) in [6, 6.07) is 4.68. The molecular weight excluding hydrogens is 228 g/mol. The molecule has 4 heteroatoms. The number of phenolic OH excluding ortho intramolecular Hbond substituents is 1. The Labute approximate surface area is 77.6 Å². The number of halogens is 1. The maximum absolute atomic E-state index is 9.14. The van der Waals surface area contributed by atoms with Gasteiger partial charge in [0.05, 0.1) is 5.56 Å². The highest BCUT2D eigenvalue weighted by molar-refractivity contribution is 9.10. The lowest BCUT2D eigenvalue weighted by atomic mass is 10.2. The van der Waals surface area contributed by atoms with Gasteiger partial charge in [-0.25, -0.2) is 0 Å². The summed E-state index contributed by atoms with van der Waals surface area (Å²) in [6.45, 7) is 0. The molecule has 58 valence electrons. The Morgan fingerprint density at radius 2 is 2.09 bits per heavy atom. The van der Waals surface area contributed by atoms with Gasteiger partial charge in [0, 0.05) is 4.47 Å². The van der Waals surface area contributed by atoms with Crippen LogP contribution < -0.4 is 0 Å². The Morgan fingerprint density at radius 1 is 1.45 bits per heavy atom. The highest BCUT2D eigenvalue weighted by Crippen LogP contribution is 2.21. The van der Waals surface area contributed by atoms with Crippen LogP contribution in [0.15, 0.2) is 22.7 Å². The van der Waals surface area contributed by atoms with Crippen molar-refractivity contribution in [1.82, 2.24) is 0 Å². The van der Waals surface area contributed by atoms with Crippen LogP contribution in [0, 0.1) is 0 Å². The SMILES string of the molecule is OC(=S)c1cc(Br)ccc1O. The highest BCUT2D eigenvalue weighted by Gasteiger charge is 2.04. The molecule has 11 heavy (non-hydrogen) atoms. The molecule has 0 heterocycles. The summed E-state index contributed by atoms with van der Waals surface area (Å²) in [6.07, 6.45) is 0. The van der Waals surface area contributed by atoms with Gasteiger partial charge < -0.3 is 10.2 Å². The highest BCUT2D eigenvalue weighted by atomic mass is 79.9. The van der Waals surface area contributed by atoms with Crippen molar-refractivity contribution in [3.63, 3.8) is 0 Å². The first-order valence-electron chi connectivity index (χ1n) is 2.83. The minimum absolute atomic E-state index is 0.0132. The van der Waals surface area contributed by atoms with Crippen LogP contribution in [-0.4, -0.2) is 15.3 Å². The maximum Gasteiger partial charge on any atom is 0.192 e. The number of hydrogen-bond donors (Lipinski definition) is 2. The lowest BCUT2D eigenvalue weighted by molar-refractivity contribution is 0.470. The number of hydrogen-bond acceptors (Lipinski definition) is 2. The van der Waals surface area contributed by atoms with E-state index in [1.807, 2.05) is 0 Å². The number of benzene rings is 1. The van der Waals surface area contributed by atoms with Crippen molar-refractivity contribution >= 4 is 33.2 Å². The number of aliphatic hydroxyl groups is 1. The molecule has 1 rings (SSSR count). The molecule has 1 aromatic carbocycles. The van der Waals surface area contributed by atoms with E-state index in [0.29, 0.717) is 0 Å². The largest absolute Gasteiger partial charge is 0.507 e. The average Bonchev–Trinajstić information content (AvgIpc) is 1.94. The van der Waals surface area contributed by atoms with E-state index in [9.17, 15) is 0 Å². The first-order chi connectivity index (χ1) is 5.11. The van der Waals surface area contributed by atoms with Crippen molar-refractivity contribution in [1.29, 1.82) is 0 Å². The molecule has 0 radical (unpaired) electrons. The molecule has 2 N–H and O–H groups in total. The van der Waals surface area contributed by atoms with Crippen LogP contribution in [0.2, 0.25) is 0 Å². The second-order valence-electron chi connectivity index (χ2n) is 1.97. The Kier molecular flexibility index (Phi) is 2.46. The Bertz CT molecular complexity index is 298.